The zero-order valence-electron chi connectivity index (χ0n) is 8.17. The Kier molecular flexibility index (Phi) is 4.91. The highest BCUT2D eigenvalue weighted by Crippen LogP contribution is 2.19. The van der Waals surface area contributed by atoms with Crippen LogP contribution in [0.5, 0.6) is 0 Å². The van der Waals surface area contributed by atoms with E-state index in [0.29, 0.717) is 18.4 Å². The van der Waals surface area contributed by atoms with Crippen LogP contribution in [0.25, 0.3) is 0 Å². The maximum Gasteiger partial charge on any atom is 0.137 e. The van der Waals surface area contributed by atoms with Gasteiger partial charge in [0, 0.05) is 23.9 Å². The number of hydrogen-bond donors (Lipinski definition) is 1. The largest absolute Gasteiger partial charge is 0.396 e. The molecule has 0 fully saturated rings. The fourth-order valence-corrected chi connectivity index (χ4v) is 1.64. The van der Waals surface area contributed by atoms with Crippen molar-refractivity contribution < 1.29 is 14.3 Å². The third-order valence-electron chi connectivity index (χ3n) is 2.01. The molecule has 0 aromatic heterocycles. The highest BCUT2D eigenvalue weighted by molar-refractivity contribution is 9.10. The van der Waals surface area contributed by atoms with Gasteiger partial charge in [-0.1, -0.05) is 15.9 Å². The van der Waals surface area contributed by atoms with Crippen LogP contribution in [0.2, 0.25) is 0 Å². The molecule has 15 heavy (non-hydrogen) atoms. The molecule has 0 unspecified atom stereocenters. The van der Waals surface area contributed by atoms with Crippen LogP contribution in [0.4, 0.5) is 4.39 Å². The Balaban J connectivity index is 2.63. The van der Waals surface area contributed by atoms with E-state index < -0.39 is 0 Å². The lowest BCUT2D eigenvalue weighted by Gasteiger charge is -2.03. The lowest BCUT2D eigenvalue weighted by atomic mass is 10.1. The summed E-state index contributed by atoms with van der Waals surface area (Å²) in [6.45, 7) is 0.00998. The summed E-state index contributed by atoms with van der Waals surface area (Å²) in [5.74, 6) is -0.335. The average Bonchev–Trinajstić information content (AvgIpc) is 2.20. The zero-order valence-corrected chi connectivity index (χ0v) is 9.76. The molecule has 1 aromatic rings. The van der Waals surface area contributed by atoms with Crippen molar-refractivity contribution in [1.29, 1.82) is 0 Å². The molecule has 0 amide bonds. The maximum absolute atomic E-state index is 12.9. The predicted molar refractivity (Wildman–Crippen MR) is 59.1 cm³/mol. The molecule has 4 heteroatoms. The van der Waals surface area contributed by atoms with Crippen molar-refractivity contribution in [3.63, 3.8) is 0 Å². The second-order valence-corrected chi connectivity index (χ2v) is 4.13. The van der Waals surface area contributed by atoms with Crippen molar-refractivity contribution in [2.45, 2.75) is 19.3 Å². The Hall–Kier alpha value is -0.740. The van der Waals surface area contributed by atoms with E-state index in [-0.39, 0.29) is 24.6 Å². The minimum absolute atomic E-state index is 0.00958. The summed E-state index contributed by atoms with van der Waals surface area (Å²) in [4.78, 5) is 11.4. The smallest absolute Gasteiger partial charge is 0.137 e. The van der Waals surface area contributed by atoms with Gasteiger partial charge in [-0.3, -0.25) is 4.79 Å². The molecule has 0 saturated heterocycles. The van der Waals surface area contributed by atoms with Crippen LogP contribution in [0.15, 0.2) is 22.7 Å². The molecule has 0 aliphatic carbocycles. The molecule has 0 aliphatic heterocycles. The molecular weight excluding hydrogens is 263 g/mol. The topological polar surface area (TPSA) is 37.3 Å². The molecule has 1 aromatic carbocycles. The second-order valence-electron chi connectivity index (χ2n) is 3.28. The molecule has 1 rings (SSSR count). The van der Waals surface area contributed by atoms with Crippen molar-refractivity contribution in [3.8, 4) is 0 Å². The number of benzene rings is 1. The van der Waals surface area contributed by atoms with Crippen molar-refractivity contribution in [1.82, 2.24) is 0 Å². The summed E-state index contributed by atoms with van der Waals surface area (Å²) < 4.78 is 13.6. The van der Waals surface area contributed by atoms with Crippen molar-refractivity contribution in [2.75, 3.05) is 6.61 Å². The third-order valence-corrected chi connectivity index (χ3v) is 2.78. The molecule has 0 bridgehead atoms. The van der Waals surface area contributed by atoms with Gasteiger partial charge in [-0.2, -0.15) is 0 Å². The fraction of sp³-hybridized carbons (Fsp3) is 0.364. The van der Waals surface area contributed by atoms with Crippen molar-refractivity contribution >= 4 is 21.7 Å². The molecule has 82 valence electrons. The van der Waals surface area contributed by atoms with Gasteiger partial charge in [-0.05, 0) is 30.2 Å². The van der Waals surface area contributed by atoms with Gasteiger partial charge in [-0.15, -0.1) is 0 Å². The molecule has 0 heterocycles. The van der Waals surface area contributed by atoms with Crippen LogP contribution in [-0.4, -0.2) is 17.5 Å². The summed E-state index contributed by atoms with van der Waals surface area (Å²) in [7, 11) is 0. The SMILES string of the molecule is O=C(CCCO)Cc1cc(F)ccc1Br. The lowest BCUT2D eigenvalue weighted by molar-refractivity contribution is -0.118. The van der Waals surface area contributed by atoms with E-state index in [1.54, 1.807) is 6.07 Å². The Morgan fingerprint density at radius 2 is 2.20 bits per heavy atom. The Bertz CT molecular complexity index is 352. The summed E-state index contributed by atoms with van der Waals surface area (Å²) in [6.07, 6.45) is 1.00. The standard InChI is InChI=1S/C11H12BrFO2/c12-11-4-3-9(13)6-8(11)7-10(15)2-1-5-14/h3-4,6,14H,1-2,5,7H2. The molecule has 1 N–H and O–H groups in total. The van der Waals surface area contributed by atoms with Gasteiger partial charge in [0.05, 0.1) is 0 Å². The van der Waals surface area contributed by atoms with Crippen LogP contribution in [0, 0.1) is 5.82 Å². The molecule has 0 atom stereocenters. The average molecular weight is 275 g/mol. The molecule has 0 aliphatic rings. The number of carbonyl (C=O) groups is 1. The summed E-state index contributed by atoms with van der Waals surface area (Å²) >= 11 is 3.26. The number of aliphatic hydroxyl groups excluding tert-OH is 1. The highest BCUT2D eigenvalue weighted by Gasteiger charge is 2.07. The van der Waals surface area contributed by atoms with Crippen LogP contribution >= 0.6 is 15.9 Å². The van der Waals surface area contributed by atoms with E-state index in [9.17, 15) is 9.18 Å². The summed E-state index contributed by atoms with van der Waals surface area (Å²) in [5, 5.41) is 8.56. The monoisotopic (exact) mass is 274 g/mol. The lowest BCUT2D eigenvalue weighted by Crippen LogP contribution is -2.04. The predicted octanol–water partition coefficient (Wildman–Crippen LogP) is 2.47. The van der Waals surface area contributed by atoms with Crippen molar-refractivity contribution in [2.24, 2.45) is 0 Å². The van der Waals surface area contributed by atoms with E-state index in [1.165, 1.54) is 12.1 Å². The van der Waals surface area contributed by atoms with Crippen LogP contribution in [0.1, 0.15) is 18.4 Å². The Morgan fingerprint density at radius 1 is 1.47 bits per heavy atom. The highest BCUT2D eigenvalue weighted by atomic mass is 79.9. The Morgan fingerprint density at radius 3 is 2.87 bits per heavy atom. The Labute approximate surface area is 96.2 Å². The molecule has 0 spiro atoms. The van der Waals surface area contributed by atoms with Gasteiger partial charge in [0.15, 0.2) is 0 Å². The van der Waals surface area contributed by atoms with E-state index in [2.05, 4.69) is 15.9 Å². The molecule has 2 nitrogen and oxygen atoms in total. The number of rotatable bonds is 5. The summed E-state index contributed by atoms with van der Waals surface area (Å²) in [5.41, 5.74) is 0.651. The van der Waals surface area contributed by atoms with Gasteiger partial charge in [0.1, 0.15) is 11.6 Å². The number of halogens is 2. The van der Waals surface area contributed by atoms with E-state index in [4.69, 9.17) is 5.11 Å². The van der Waals surface area contributed by atoms with Gasteiger partial charge in [0.25, 0.3) is 0 Å². The minimum Gasteiger partial charge on any atom is -0.396 e. The summed E-state index contributed by atoms with van der Waals surface area (Å²) in [6, 6.07) is 4.27. The second kappa shape index (κ2) is 5.98. The molecule has 0 radical (unpaired) electrons. The minimum atomic E-state index is -0.344. The van der Waals surface area contributed by atoms with Gasteiger partial charge < -0.3 is 5.11 Å². The first-order valence-corrected chi connectivity index (χ1v) is 5.49. The number of aliphatic hydroxyl groups is 1. The maximum atomic E-state index is 12.9. The van der Waals surface area contributed by atoms with Gasteiger partial charge >= 0.3 is 0 Å². The van der Waals surface area contributed by atoms with E-state index in [1.807, 2.05) is 0 Å². The van der Waals surface area contributed by atoms with Crippen LogP contribution in [0.3, 0.4) is 0 Å². The number of hydrogen-bond acceptors (Lipinski definition) is 2. The first kappa shape index (κ1) is 12.3. The first-order valence-electron chi connectivity index (χ1n) is 4.70. The number of Topliss-reactive ketones (excluding diaryl/α,β-unsaturated/α-hetero) is 1. The fourth-order valence-electron chi connectivity index (χ4n) is 1.26. The van der Waals surface area contributed by atoms with E-state index >= 15 is 0 Å². The first-order chi connectivity index (χ1) is 7.13. The third kappa shape index (κ3) is 4.10. The molecular formula is C11H12BrFO2. The van der Waals surface area contributed by atoms with Crippen LogP contribution in [-0.2, 0) is 11.2 Å². The zero-order chi connectivity index (χ0) is 11.3. The number of ketones is 1. The van der Waals surface area contributed by atoms with E-state index in [0.717, 1.165) is 4.47 Å². The van der Waals surface area contributed by atoms with Gasteiger partial charge in [0.2, 0.25) is 0 Å². The normalized spacial score (nSPS) is 10.3. The van der Waals surface area contributed by atoms with Gasteiger partial charge in [-0.25, -0.2) is 4.39 Å². The van der Waals surface area contributed by atoms with Crippen LogP contribution < -0.4 is 0 Å². The number of carbonyl (C=O) groups excluding carboxylic acids is 1. The molecule has 0 saturated carbocycles. The van der Waals surface area contributed by atoms with Crippen molar-refractivity contribution in [3.05, 3.63) is 34.1 Å². The quantitative estimate of drug-likeness (QED) is 0.896.